The molecule has 0 bridgehead atoms. The molecule has 1 aliphatic rings. The van der Waals surface area contributed by atoms with Crippen molar-refractivity contribution in [3.05, 3.63) is 41.5 Å². The number of ether oxygens (including phenoxy) is 1. The van der Waals surface area contributed by atoms with Crippen LogP contribution in [0, 0.1) is 28.1 Å². The second-order valence-corrected chi connectivity index (χ2v) is 5.69. The van der Waals surface area contributed by atoms with E-state index in [2.05, 4.69) is 5.32 Å². The Morgan fingerprint density at radius 1 is 1.16 bits per heavy atom. The molecule has 0 fully saturated rings. The lowest BCUT2D eigenvalue weighted by Crippen LogP contribution is -2.36. The van der Waals surface area contributed by atoms with E-state index in [-0.39, 0.29) is 43.8 Å². The number of amides is 1. The number of carbonyl (C=O) groups is 2. The molecular formula is C19H19N3O3. The van der Waals surface area contributed by atoms with Gasteiger partial charge in [0.1, 0.15) is 0 Å². The van der Waals surface area contributed by atoms with Gasteiger partial charge in [-0.25, -0.2) is 4.79 Å². The average Bonchev–Trinajstić information content (AvgIpc) is 2.92. The first-order chi connectivity index (χ1) is 12.1. The predicted octanol–water partition coefficient (Wildman–Crippen LogP) is 2.68. The Labute approximate surface area is 146 Å². The molecule has 6 heteroatoms. The fourth-order valence-electron chi connectivity index (χ4n) is 3.11. The third-order valence-electron chi connectivity index (χ3n) is 4.27. The van der Waals surface area contributed by atoms with Crippen LogP contribution in [0.25, 0.3) is 5.70 Å². The van der Waals surface area contributed by atoms with Crippen LogP contribution >= 0.6 is 0 Å². The Morgan fingerprint density at radius 2 is 1.76 bits per heavy atom. The van der Waals surface area contributed by atoms with Crippen LogP contribution in [0.4, 0.5) is 0 Å². The number of hydrogen-bond donors (Lipinski definition) is 1. The van der Waals surface area contributed by atoms with Crippen molar-refractivity contribution in [3.8, 4) is 12.1 Å². The van der Waals surface area contributed by atoms with Crippen LogP contribution in [-0.4, -0.2) is 18.5 Å². The molecule has 1 aliphatic heterocycles. The number of carbonyl (C=O) groups excluding carboxylic acids is 2. The fourth-order valence-corrected chi connectivity index (χ4v) is 3.11. The van der Waals surface area contributed by atoms with Gasteiger partial charge in [0.15, 0.2) is 0 Å². The number of benzene rings is 1. The topological polar surface area (TPSA) is 103 Å². The second-order valence-electron chi connectivity index (χ2n) is 5.69. The van der Waals surface area contributed by atoms with Crippen LogP contribution in [0.2, 0.25) is 0 Å². The molecule has 0 saturated heterocycles. The molecule has 1 N–H and O–H groups in total. The van der Waals surface area contributed by atoms with Crippen LogP contribution in [-0.2, 0) is 14.3 Å². The minimum Gasteiger partial charge on any atom is -0.463 e. The van der Waals surface area contributed by atoms with Gasteiger partial charge in [-0.05, 0) is 25.3 Å². The molecule has 1 heterocycles. The maximum Gasteiger partial charge on any atom is 0.337 e. The quantitative estimate of drug-likeness (QED) is 0.771. The molecule has 1 aromatic rings. The van der Waals surface area contributed by atoms with Crippen molar-refractivity contribution in [2.24, 2.45) is 5.41 Å². The van der Waals surface area contributed by atoms with Gasteiger partial charge in [-0.2, -0.15) is 10.5 Å². The van der Waals surface area contributed by atoms with Crippen molar-refractivity contribution >= 4 is 17.6 Å². The van der Waals surface area contributed by atoms with Crippen LogP contribution in [0.5, 0.6) is 0 Å². The molecule has 0 atom stereocenters. The first kappa shape index (κ1) is 18.2. The van der Waals surface area contributed by atoms with Gasteiger partial charge in [0.2, 0.25) is 5.91 Å². The number of hydrogen-bond acceptors (Lipinski definition) is 5. The molecule has 0 aliphatic carbocycles. The molecule has 0 radical (unpaired) electrons. The van der Waals surface area contributed by atoms with Gasteiger partial charge in [0, 0.05) is 12.8 Å². The van der Waals surface area contributed by atoms with E-state index in [9.17, 15) is 9.59 Å². The summed E-state index contributed by atoms with van der Waals surface area (Å²) in [6, 6.07) is 13.1. The Balaban J connectivity index is 2.63. The number of nitrogens with zero attached hydrogens (tertiary/aromatic N) is 2. The summed E-state index contributed by atoms with van der Waals surface area (Å²) in [6.45, 7) is 1.86. The summed E-state index contributed by atoms with van der Waals surface area (Å²) in [5.74, 6) is -0.949. The average molecular weight is 337 g/mol. The van der Waals surface area contributed by atoms with E-state index in [1.54, 1.807) is 19.1 Å². The monoisotopic (exact) mass is 337 g/mol. The maximum absolute atomic E-state index is 12.8. The molecule has 0 aromatic heterocycles. The highest BCUT2D eigenvalue weighted by atomic mass is 16.5. The van der Waals surface area contributed by atoms with Crippen molar-refractivity contribution in [2.75, 3.05) is 6.61 Å². The smallest absolute Gasteiger partial charge is 0.337 e. The zero-order valence-corrected chi connectivity index (χ0v) is 14.0. The van der Waals surface area contributed by atoms with E-state index >= 15 is 0 Å². The minimum absolute atomic E-state index is 0.101. The number of nitrogens with one attached hydrogen (secondary N) is 1. The number of nitriles is 2. The third-order valence-corrected chi connectivity index (χ3v) is 4.27. The molecule has 128 valence electrons. The van der Waals surface area contributed by atoms with Gasteiger partial charge >= 0.3 is 5.97 Å². The summed E-state index contributed by atoms with van der Waals surface area (Å²) >= 11 is 0. The molecule has 1 amide bonds. The lowest BCUT2D eigenvalue weighted by molar-refractivity contribution is -0.142. The van der Waals surface area contributed by atoms with Gasteiger partial charge in [-0.15, -0.1) is 0 Å². The van der Waals surface area contributed by atoms with Crippen molar-refractivity contribution in [3.63, 3.8) is 0 Å². The first-order valence-corrected chi connectivity index (χ1v) is 8.13. The SMILES string of the molecule is CCOC(=O)C1=C(c2ccccc2)NC(=O)C1(CCC#N)CCC#N. The number of rotatable bonds is 7. The Bertz CT molecular complexity index is 751. The van der Waals surface area contributed by atoms with Gasteiger partial charge in [0.05, 0.1) is 35.4 Å². The van der Waals surface area contributed by atoms with Crippen LogP contribution in [0.1, 0.15) is 38.2 Å². The highest BCUT2D eigenvalue weighted by molar-refractivity contribution is 6.13. The summed E-state index contributed by atoms with van der Waals surface area (Å²) in [6.07, 6.45) is 0.538. The highest BCUT2D eigenvalue weighted by Gasteiger charge is 2.51. The molecule has 0 saturated carbocycles. The Kier molecular flexibility index (Phi) is 5.92. The molecule has 2 rings (SSSR count). The fraction of sp³-hybridized carbons (Fsp3) is 0.368. The van der Waals surface area contributed by atoms with E-state index in [0.29, 0.717) is 11.3 Å². The van der Waals surface area contributed by atoms with E-state index < -0.39 is 11.4 Å². The van der Waals surface area contributed by atoms with Crippen molar-refractivity contribution < 1.29 is 14.3 Å². The summed E-state index contributed by atoms with van der Waals surface area (Å²) in [5, 5.41) is 20.8. The van der Waals surface area contributed by atoms with Crippen molar-refractivity contribution in [1.29, 1.82) is 10.5 Å². The maximum atomic E-state index is 12.8. The first-order valence-electron chi connectivity index (χ1n) is 8.13. The minimum atomic E-state index is -1.22. The molecule has 1 aromatic carbocycles. The van der Waals surface area contributed by atoms with Gasteiger partial charge < -0.3 is 10.1 Å². The van der Waals surface area contributed by atoms with Crippen LogP contribution in [0.3, 0.4) is 0 Å². The van der Waals surface area contributed by atoms with E-state index in [1.165, 1.54) is 0 Å². The van der Waals surface area contributed by atoms with Crippen LogP contribution < -0.4 is 5.32 Å². The van der Waals surface area contributed by atoms with Gasteiger partial charge in [-0.3, -0.25) is 4.79 Å². The highest BCUT2D eigenvalue weighted by Crippen LogP contribution is 2.46. The third kappa shape index (κ3) is 3.54. The summed E-state index contributed by atoms with van der Waals surface area (Å²) < 4.78 is 5.19. The number of esters is 1. The van der Waals surface area contributed by atoms with E-state index in [1.807, 2.05) is 30.3 Å². The lowest BCUT2D eigenvalue weighted by Gasteiger charge is -2.27. The van der Waals surface area contributed by atoms with E-state index in [4.69, 9.17) is 15.3 Å². The molecule has 25 heavy (non-hydrogen) atoms. The van der Waals surface area contributed by atoms with Gasteiger partial charge in [-0.1, -0.05) is 30.3 Å². The predicted molar refractivity (Wildman–Crippen MR) is 90.3 cm³/mol. The van der Waals surface area contributed by atoms with Crippen molar-refractivity contribution in [1.82, 2.24) is 5.32 Å². The van der Waals surface area contributed by atoms with E-state index in [0.717, 1.165) is 0 Å². The largest absolute Gasteiger partial charge is 0.463 e. The molecule has 6 nitrogen and oxygen atoms in total. The lowest BCUT2D eigenvalue weighted by atomic mass is 9.73. The van der Waals surface area contributed by atoms with Gasteiger partial charge in [0.25, 0.3) is 0 Å². The summed E-state index contributed by atoms with van der Waals surface area (Å²) in [4.78, 5) is 25.5. The zero-order chi connectivity index (χ0) is 18.3. The normalized spacial score (nSPS) is 15.2. The second kappa shape index (κ2) is 8.12. The Hall–Kier alpha value is -3.12. The molecular weight excluding hydrogens is 318 g/mol. The van der Waals surface area contributed by atoms with Crippen LogP contribution in [0.15, 0.2) is 35.9 Å². The molecule has 0 spiro atoms. The summed E-state index contributed by atoms with van der Waals surface area (Å²) in [5.41, 5.74) is 0.0915. The zero-order valence-electron chi connectivity index (χ0n) is 14.0. The molecule has 0 unspecified atom stereocenters. The summed E-state index contributed by atoms with van der Waals surface area (Å²) in [7, 11) is 0. The van der Waals surface area contributed by atoms with Crippen molar-refractivity contribution in [2.45, 2.75) is 32.6 Å². The standard InChI is InChI=1S/C19H19N3O3/c1-2-25-17(23)15-16(14-8-4-3-5-9-14)22-18(24)19(15,10-6-12-20)11-7-13-21/h3-5,8-9H,2,6-7,10-11H2,1H3,(H,22,24). The Morgan fingerprint density at radius 3 is 2.28 bits per heavy atom.